The highest BCUT2D eigenvalue weighted by atomic mass is 16.5. The van der Waals surface area contributed by atoms with Crippen LogP contribution in [0, 0.1) is 13.8 Å². The first-order valence-corrected chi connectivity index (χ1v) is 9.47. The first-order valence-electron chi connectivity index (χ1n) is 9.47. The summed E-state index contributed by atoms with van der Waals surface area (Å²) in [5.41, 5.74) is 2.21. The van der Waals surface area contributed by atoms with Crippen LogP contribution >= 0.6 is 0 Å². The molecule has 0 radical (unpaired) electrons. The van der Waals surface area contributed by atoms with Crippen LogP contribution in [0.3, 0.4) is 0 Å². The molecule has 0 spiro atoms. The number of hydrogen-bond donors (Lipinski definition) is 1. The molecule has 1 aromatic carbocycles. The van der Waals surface area contributed by atoms with E-state index in [9.17, 15) is 9.59 Å². The molecule has 6 heteroatoms. The highest BCUT2D eigenvalue weighted by Gasteiger charge is 2.25. The molecule has 1 N–H and O–H groups in total. The Labute approximate surface area is 156 Å². The summed E-state index contributed by atoms with van der Waals surface area (Å²) >= 11 is 0. The Kier molecular flexibility index (Phi) is 7.30. The molecule has 1 heterocycles. The lowest BCUT2D eigenvalue weighted by Crippen LogP contribution is -2.50. The zero-order chi connectivity index (χ0) is 19.1. The Morgan fingerprint density at radius 3 is 2.42 bits per heavy atom. The van der Waals surface area contributed by atoms with E-state index in [2.05, 4.69) is 5.32 Å². The second-order valence-electron chi connectivity index (χ2n) is 6.83. The van der Waals surface area contributed by atoms with Crippen molar-refractivity contribution >= 4 is 11.9 Å². The summed E-state index contributed by atoms with van der Waals surface area (Å²) in [6, 6.07) is 6.05. The van der Waals surface area contributed by atoms with Crippen LogP contribution in [0.4, 0.5) is 4.79 Å². The van der Waals surface area contributed by atoms with Gasteiger partial charge in [-0.05, 0) is 52.2 Å². The van der Waals surface area contributed by atoms with Crippen LogP contribution in [0.15, 0.2) is 18.2 Å². The van der Waals surface area contributed by atoms with Gasteiger partial charge in [0.05, 0.1) is 0 Å². The van der Waals surface area contributed by atoms with Crippen molar-refractivity contribution in [2.24, 2.45) is 0 Å². The number of piperidine rings is 1. The van der Waals surface area contributed by atoms with Gasteiger partial charge in [0, 0.05) is 32.2 Å². The average Bonchev–Trinajstić information content (AvgIpc) is 2.62. The summed E-state index contributed by atoms with van der Waals surface area (Å²) in [4.78, 5) is 28.1. The summed E-state index contributed by atoms with van der Waals surface area (Å²) in [7, 11) is 0. The molecule has 1 saturated heterocycles. The van der Waals surface area contributed by atoms with E-state index in [1.807, 2.05) is 50.8 Å². The van der Waals surface area contributed by atoms with Crippen LogP contribution < -0.4 is 10.1 Å². The van der Waals surface area contributed by atoms with Crippen LogP contribution in [0.1, 0.15) is 37.8 Å². The highest BCUT2D eigenvalue weighted by Crippen LogP contribution is 2.19. The molecule has 2 rings (SSSR count). The number of urea groups is 1. The Morgan fingerprint density at radius 1 is 1.19 bits per heavy atom. The van der Waals surface area contributed by atoms with E-state index in [-0.39, 0.29) is 24.6 Å². The molecule has 0 aliphatic carbocycles. The van der Waals surface area contributed by atoms with Gasteiger partial charge in [0.15, 0.2) is 6.61 Å². The number of ether oxygens (including phenoxy) is 1. The molecule has 0 atom stereocenters. The van der Waals surface area contributed by atoms with Crippen molar-refractivity contribution in [1.82, 2.24) is 15.1 Å². The van der Waals surface area contributed by atoms with Gasteiger partial charge in [-0.25, -0.2) is 4.79 Å². The summed E-state index contributed by atoms with van der Waals surface area (Å²) in [6.07, 6.45) is 1.56. The summed E-state index contributed by atoms with van der Waals surface area (Å²) in [6.45, 7) is 10.7. The van der Waals surface area contributed by atoms with Crippen molar-refractivity contribution in [1.29, 1.82) is 0 Å². The number of nitrogens with zero attached hydrogens (tertiary/aromatic N) is 2. The van der Waals surface area contributed by atoms with Crippen LogP contribution in [-0.2, 0) is 4.79 Å². The Balaban J connectivity index is 1.76. The van der Waals surface area contributed by atoms with Gasteiger partial charge >= 0.3 is 6.03 Å². The van der Waals surface area contributed by atoms with Crippen LogP contribution in [0.2, 0.25) is 0 Å². The largest absolute Gasteiger partial charge is 0.484 e. The molecule has 3 amide bonds. The molecule has 1 aromatic rings. The maximum atomic E-state index is 12.4. The molecule has 1 aliphatic rings. The quantitative estimate of drug-likeness (QED) is 0.847. The fourth-order valence-corrected chi connectivity index (χ4v) is 3.24. The van der Waals surface area contributed by atoms with Gasteiger partial charge in [0.2, 0.25) is 0 Å². The number of benzene rings is 1. The molecule has 0 aromatic heterocycles. The minimum absolute atomic E-state index is 0.00139. The predicted octanol–water partition coefficient (Wildman–Crippen LogP) is 2.72. The van der Waals surface area contributed by atoms with E-state index < -0.39 is 0 Å². The van der Waals surface area contributed by atoms with Crippen LogP contribution in [0.25, 0.3) is 0 Å². The fourth-order valence-electron chi connectivity index (χ4n) is 3.24. The highest BCUT2D eigenvalue weighted by molar-refractivity contribution is 5.78. The number of rotatable bonds is 6. The summed E-state index contributed by atoms with van der Waals surface area (Å²) < 4.78 is 5.69. The maximum absolute atomic E-state index is 12.4. The number of amides is 3. The van der Waals surface area contributed by atoms with E-state index in [0.29, 0.717) is 26.2 Å². The molecule has 144 valence electrons. The number of likely N-dealkylation sites (tertiary alicyclic amines) is 1. The van der Waals surface area contributed by atoms with E-state index in [0.717, 1.165) is 24.2 Å². The second kappa shape index (κ2) is 9.46. The maximum Gasteiger partial charge on any atom is 0.317 e. The topological polar surface area (TPSA) is 61.9 Å². The third kappa shape index (κ3) is 5.38. The molecule has 0 bridgehead atoms. The first-order chi connectivity index (χ1) is 12.4. The zero-order valence-electron chi connectivity index (χ0n) is 16.4. The minimum Gasteiger partial charge on any atom is -0.484 e. The van der Waals surface area contributed by atoms with Crippen LogP contribution in [-0.4, -0.2) is 60.6 Å². The molecule has 26 heavy (non-hydrogen) atoms. The van der Waals surface area contributed by atoms with Crippen molar-refractivity contribution < 1.29 is 14.3 Å². The summed E-state index contributed by atoms with van der Waals surface area (Å²) in [5.74, 6) is 0.754. The minimum atomic E-state index is -0.0158. The second-order valence-corrected chi connectivity index (χ2v) is 6.83. The lowest BCUT2D eigenvalue weighted by molar-refractivity contribution is -0.134. The molecule has 1 fully saturated rings. The van der Waals surface area contributed by atoms with Crippen molar-refractivity contribution in [3.05, 3.63) is 29.3 Å². The third-order valence-electron chi connectivity index (χ3n) is 4.91. The standard InChI is InChI=1S/C20H31N3O3/c1-5-22(6-2)20(25)21-17-9-11-23(12-10-17)19(24)14-26-18-8-7-15(3)13-16(18)4/h7-8,13,17H,5-6,9-12,14H2,1-4H3,(H,21,25). The SMILES string of the molecule is CCN(CC)C(=O)NC1CCN(C(=O)COc2ccc(C)cc2C)CC1. The van der Waals surface area contributed by atoms with Gasteiger partial charge < -0.3 is 19.9 Å². The molecular formula is C20H31N3O3. The van der Waals surface area contributed by atoms with Gasteiger partial charge in [0.25, 0.3) is 5.91 Å². The monoisotopic (exact) mass is 361 g/mol. The van der Waals surface area contributed by atoms with Gasteiger partial charge in [-0.15, -0.1) is 0 Å². The van der Waals surface area contributed by atoms with E-state index >= 15 is 0 Å². The van der Waals surface area contributed by atoms with Crippen molar-refractivity contribution in [3.8, 4) is 5.75 Å². The predicted molar refractivity (Wildman–Crippen MR) is 102 cm³/mol. The van der Waals surface area contributed by atoms with E-state index in [1.165, 1.54) is 5.56 Å². The molecule has 0 unspecified atom stereocenters. The Hall–Kier alpha value is -2.24. The van der Waals surface area contributed by atoms with E-state index in [4.69, 9.17) is 4.74 Å². The number of hydrogen-bond acceptors (Lipinski definition) is 3. The molecule has 6 nitrogen and oxygen atoms in total. The van der Waals surface area contributed by atoms with Crippen molar-refractivity contribution in [2.45, 2.75) is 46.6 Å². The summed E-state index contributed by atoms with van der Waals surface area (Å²) in [5, 5.41) is 3.07. The number of aryl methyl sites for hydroxylation is 2. The van der Waals surface area contributed by atoms with Crippen LogP contribution in [0.5, 0.6) is 5.75 Å². The number of carbonyl (C=O) groups is 2. The lowest BCUT2D eigenvalue weighted by atomic mass is 10.1. The molecule has 1 aliphatic heterocycles. The van der Waals surface area contributed by atoms with Gasteiger partial charge in [-0.1, -0.05) is 17.7 Å². The Bertz CT molecular complexity index is 621. The average molecular weight is 361 g/mol. The fraction of sp³-hybridized carbons (Fsp3) is 0.600. The number of carbonyl (C=O) groups excluding carboxylic acids is 2. The zero-order valence-corrected chi connectivity index (χ0v) is 16.4. The smallest absolute Gasteiger partial charge is 0.317 e. The van der Waals surface area contributed by atoms with E-state index in [1.54, 1.807) is 4.90 Å². The lowest BCUT2D eigenvalue weighted by Gasteiger charge is -2.33. The number of nitrogens with one attached hydrogen (secondary N) is 1. The first kappa shape index (κ1) is 20.1. The van der Waals surface area contributed by atoms with Crippen molar-refractivity contribution in [3.63, 3.8) is 0 Å². The third-order valence-corrected chi connectivity index (χ3v) is 4.91. The van der Waals surface area contributed by atoms with Gasteiger partial charge in [0.1, 0.15) is 5.75 Å². The molecular weight excluding hydrogens is 330 g/mol. The Morgan fingerprint density at radius 2 is 1.85 bits per heavy atom. The van der Waals surface area contributed by atoms with Gasteiger partial charge in [-0.3, -0.25) is 4.79 Å². The normalized spacial score (nSPS) is 14.8. The van der Waals surface area contributed by atoms with Gasteiger partial charge in [-0.2, -0.15) is 0 Å². The van der Waals surface area contributed by atoms with Crippen molar-refractivity contribution in [2.75, 3.05) is 32.8 Å². The molecule has 0 saturated carbocycles.